The molecule has 0 aliphatic heterocycles. The summed E-state index contributed by atoms with van der Waals surface area (Å²) in [5, 5.41) is 3.45. The van der Waals surface area contributed by atoms with Gasteiger partial charge in [0.05, 0.1) is 19.3 Å². The van der Waals surface area contributed by atoms with Crippen molar-refractivity contribution in [3.05, 3.63) is 52.3 Å². The van der Waals surface area contributed by atoms with Crippen LogP contribution in [0.4, 0.5) is 5.69 Å². The summed E-state index contributed by atoms with van der Waals surface area (Å²) in [6.45, 7) is 8.99. The average Bonchev–Trinajstić information content (AvgIpc) is 2.40. The van der Waals surface area contributed by atoms with Gasteiger partial charge in [-0.15, -0.1) is 0 Å². The average molecular weight is 270 g/mol. The second-order valence-electron chi connectivity index (χ2n) is 5.22. The summed E-state index contributed by atoms with van der Waals surface area (Å²) in [6.07, 6.45) is 1.87. The number of benzene rings is 1. The zero-order chi connectivity index (χ0) is 14.7. The molecule has 3 nitrogen and oxygen atoms in total. The van der Waals surface area contributed by atoms with Crippen molar-refractivity contribution in [3.63, 3.8) is 0 Å². The molecule has 0 bridgehead atoms. The largest absolute Gasteiger partial charge is 0.496 e. The fourth-order valence-electron chi connectivity index (χ4n) is 2.44. The lowest BCUT2D eigenvalue weighted by molar-refractivity contribution is 0.407. The van der Waals surface area contributed by atoms with Crippen molar-refractivity contribution < 1.29 is 4.74 Å². The van der Waals surface area contributed by atoms with Gasteiger partial charge in [0.25, 0.3) is 0 Å². The minimum Gasteiger partial charge on any atom is -0.496 e. The van der Waals surface area contributed by atoms with Crippen molar-refractivity contribution in [2.75, 3.05) is 12.4 Å². The molecule has 0 saturated carbocycles. The Kier molecular flexibility index (Phi) is 4.28. The molecule has 0 aliphatic carbocycles. The van der Waals surface area contributed by atoms with E-state index >= 15 is 0 Å². The second-order valence-corrected chi connectivity index (χ2v) is 5.22. The van der Waals surface area contributed by atoms with Crippen LogP contribution in [0.3, 0.4) is 0 Å². The lowest BCUT2D eigenvalue weighted by Gasteiger charge is -2.14. The monoisotopic (exact) mass is 270 g/mol. The maximum absolute atomic E-state index is 5.44. The molecule has 2 rings (SSSR count). The van der Waals surface area contributed by atoms with Gasteiger partial charge >= 0.3 is 0 Å². The lowest BCUT2D eigenvalue weighted by Crippen LogP contribution is -2.07. The molecule has 3 heteroatoms. The minimum atomic E-state index is 0.701. The number of rotatable bonds is 4. The second kappa shape index (κ2) is 5.95. The summed E-state index contributed by atoms with van der Waals surface area (Å²) in [5.41, 5.74) is 6.87. The van der Waals surface area contributed by atoms with Crippen LogP contribution in [0.1, 0.15) is 27.9 Å². The van der Waals surface area contributed by atoms with E-state index in [0.29, 0.717) is 6.54 Å². The van der Waals surface area contributed by atoms with E-state index in [9.17, 15) is 0 Å². The number of nitrogens with one attached hydrogen (secondary N) is 1. The molecule has 0 amide bonds. The Morgan fingerprint density at radius 3 is 2.50 bits per heavy atom. The predicted molar refractivity (Wildman–Crippen MR) is 83.5 cm³/mol. The molecule has 1 N–H and O–H groups in total. The quantitative estimate of drug-likeness (QED) is 0.914. The van der Waals surface area contributed by atoms with E-state index in [1.807, 2.05) is 13.1 Å². The molecule has 0 fully saturated rings. The Labute approximate surface area is 121 Å². The number of pyridine rings is 1. The molecule has 1 heterocycles. The number of aromatic nitrogens is 1. The first-order valence-corrected chi connectivity index (χ1v) is 6.83. The maximum Gasteiger partial charge on any atom is 0.128 e. The molecule has 20 heavy (non-hydrogen) atoms. The summed E-state index contributed by atoms with van der Waals surface area (Å²) < 4.78 is 5.44. The number of methoxy groups -OCH3 is 1. The molecular weight excluding hydrogens is 248 g/mol. The third-order valence-electron chi connectivity index (χ3n) is 3.58. The fraction of sp³-hybridized carbons (Fsp3) is 0.353. The van der Waals surface area contributed by atoms with Crippen LogP contribution in [-0.4, -0.2) is 12.1 Å². The van der Waals surface area contributed by atoms with Crippen molar-refractivity contribution in [3.8, 4) is 5.75 Å². The topological polar surface area (TPSA) is 34.1 Å². The molecule has 0 aliphatic rings. The summed E-state index contributed by atoms with van der Waals surface area (Å²) in [7, 11) is 1.71. The van der Waals surface area contributed by atoms with Gasteiger partial charge in [-0.3, -0.25) is 4.98 Å². The Bertz CT molecular complexity index is 621. The van der Waals surface area contributed by atoms with Crippen LogP contribution in [0, 0.1) is 27.7 Å². The number of nitrogens with zero attached hydrogens (tertiary/aromatic N) is 1. The first kappa shape index (κ1) is 14.4. The normalized spacial score (nSPS) is 10.4. The van der Waals surface area contributed by atoms with Crippen LogP contribution in [0.5, 0.6) is 5.75 Å². The Hall–Kier alpha value is -2.03. The molecule has 0 spiro atoms. The molecule has 0 saturated heterocycles. The molecule has 0 radical (unpaired) electrons. The van der Waals surface area contributed by atoms with Crippen LogP contribution in [0.2, 0.25) is 0 Å². The van der Waals surface area contributed by atoms with Gasteiger partial charge in [0, 0.05) is 23.0 Å². The van der Waals surface area contributed by atoms with Gasteiger partial charge < -0.3 is 10.1 Å². The van der Waals surface area contributed by atoms with Crippen LogP contribution in [-0.2, 0) is 6.54 Å². The van der Waals surface area contributed by atoms with Gasteiger partial charge in [-0.1, -0.05) is 17.7 Å². The van der Waals surface area contributed by atoms with Gasteiger partial charge in [-0.25, -0.2) is 0 Å². The minimum absolute atomic E-state index is 0.701. The number of aryl methyl sites for hydroxylation is 3. The van der Waals surface area contributed by atoms with Crippen molar-refractivity contribution >= 4 is 5.69 Å². The van der Waals surface area contributed by atoms with Crippen molar-refractivity contribution in [2.45, 2.75) is 34.2 Å². The summed E-state index contributed by atoms with van der Waals surface area (Å²) in [6, 6.07) is 6.41. The smallest absolute Gasteiger partial charge is 0.128 e. The first-order valence-electron chi connectivity index (χ1n) is 6.83. The fourth-order valence-corrected chi connectivity index (χ4v) is 2.44. The van der Waals surface area contributed by atoms with Gasteiger partial charge in [0.15, 0.2) is 0 Å². The van der Waals surface area contributed by atoms with Crippen LogP contribution in [0.25, 0.3) is 0 Å². The third-order valence-corrected chi connectivity index (χ3v) is 3.58. The number of anilines is 1. The SMILES string of the molecule is COc1c(C)cnc(CNc2ccc(C)cc2C)c1C. The Balaban J connectivity index is 2.19. The van der Waals surface area contributed by atoms with E-state index in [4.69, 9.17) is 4.74 Å². The van der Waals surface area contributed by atoms with E-state index < -0.39 is 0 Å². The van der Waals surface area contributed by atoms with Gasteiger partial charge in [0.1, 0.15) is 5.75 Å². The summed E-state index contributed by atoms with van der Waals surface area (Å²) in [4.78, 5) is 4.51. The maximum atomic E-state index is 5.44. The van der Waals surface area contributed by atoms with Gasteiger partial charge in [-0.2, -0.15) is 0 Å². The molecule has 1 aromatic heterocycles. The molecule has 106 valence electrons. The molecule has 0 unspecified atom stereocenters. The molecular formula is C17H22N2O. The summed E-state index contributed by atoms with van der Waals surface area (Å²) in [5.74, 6) is 0.928. The highest BCUT2D eigenvalue weighted by molar-refractivity contribution is 5.52. The number of ether oxygens (including phenoxy) is 1. The first-order chi connectivity index (χ1) is 9.52. The van der Waals surface area contributed by atoms with E-state index in [-0.39, 0.29) is 0 Å². The van der Waals surface area contributed by atoms with Crippen molar-refractivity contribution in [1.29, 1.82) is 0 Å². The number of hydrogen-bond acceptors (Lipinski definition) is 3. The van der Waals surface area contributed by atoms with E-state index in [1.54, 1.807) is 7.11 Å². The standard InChI is InChI=1S/C17H22N2O/c1-11-6-7-15(12(2)8-11)19-10-16-14(4)17(20-5)13(3)9-18-16/h6-9,19H,10H2,1-5H3. The van der Waals surface area contributed by atoms with Crippen LogP contribution < -0.4 is 10.1 Å². The Morgan fingerprint density at radius 2 is 1.85 bits per heavy atom. The van der Waals surface area contributed by atoms with Crippen LogP contribution in [0.15, 0.2) is 24.4 Å². The highest BCUT2D eigenvalue weighted by Crippen LogP contribution is 2.25. The molecule has 2 aromatic rings. The molecule has 1 aromatic carbocycles. The van der Waals surface area contributed by atoms with E-state index in [2.05, 4.69) is 49.3 Å². The van der Waals surface area contributed by atoms with Gasteiger partial charge in [-0.05, 0) is 39.3 Å². The Morgan fingerprint density at radius 1 is 1.10 bits per heavy atom. The third kappa shape index (κ3) is 2.93. The predicted octanol–water partition coefficient (Wildman–Crippen LogP) is 3.94. The van der Waals surface area contributed by atoms with Crippen molar-refractivity contribution in [1.82, 2.24) is 4.98 Å². The number of hydrogen-bond donors (Lipinski definition) is 1. The van der Waals surface area contributed by atoms with Gasteiger partial charge in [0.2, 0.25) is 0 Å². The van der Waals surface area contributed by atoms with E-state index in [1.165, 1.54) is 11.1 Å². The van der Waals surface area contributed by atoms with E-state index in [0.717, 1.165) is 28.3 Å². The molecule has 0 atom stereocenters. The highest BCUT2D eigenvalue weighted by Gasteiger charge is 2.09. The highest BCUT2D eigenvalue weighted by atomic mass is 16.5. The van der Waals surface area contributed by atoms with Crippen molar-refractivity contribution in [2.24, 2.45) is 0 Å². The van der Waals surface area contributed by atoms with Crippen LogP contribution >= 0.6 is 0 Å². The zero-order valence-electron chi connectivity index (χ0n) is 12.9. The summed E-state index contributed by atoms with van der Waals surface area (Å²) >= 11 is 0. The lowest BCUT2D eigenvalue weighted by atomic mass is 10.1. The zero-order valence-corrected chi connectivity index (χ0v) is 12.9.